The highest BCUT2D eigenvalue weighted by Gasteiger charge is 2.74. The molecule has 0 bridgehead atoms. The normalized spacial score (nSPS) is 33.3. The Kier molecular flexibility index (Phi) is 6.15. The van der Waals surface area contributed by atoms with E-state index in [4.69, 9.17) is 4.74 Å². The molecule has 2 saturated heterocycles. The molecule has 0 aliphatic carbocycles. The standard InChI is InChI=1S/C30H32N2O5S/c1-3-21(18-33)32-25-27(35)31(22-12-11-19-9-4-5-10-20(19)17-22)15-8-14-30(25)23(26(32)34)24-28(36)37-16-7-6-13-29(24,2)38-30/h4-6,8-14,17,21,23-25,33H,3,7,15-16,18H2,1-2H3/t21-,23-,24-,25?,29+,30-/m0/s1. The van der Waals surface area contributed by atoms with Crippen molar-refractivity contribution in [2.45, 2.75) is 48.3 Å². The number of anilines is 1. The summed E-state index contributed by atoms with van der Waals surface area (Å²) >= 11 is 1.52. The highest BCUT2D eigenvalue weighted by atomic mass is 32.2. The molecule has 1 unspecified atom stereocenters. The van der Waals surface area contributed by atoms with Gasteiger partial charge in [0.05, 0.1) is 35.8 Å². The van der Waals surface area contributed by atoms with Crippen LogP contribution >= 0.6 is 11.8 Å². The minimum atomic E-state index is -0.963. The van der Waals surface area contributed by atoms with E-state index in [1.54, 1.807) is 9.80 Å². The molecule has 2 aromatic rings. The number of carbonyl (C=O) groups excluding carboxylic acids is 3. The number of hydrogen-bond acceptors (Lipinski definition) is 6. The van der Waals surface area contributed by atoms with Crippen molar-refractivity contribution in [3.63, 3.8) is 0 Å². The van der Waals surface area contributed by atoms with E-state index in [2.05, 4.69) is 0 Å². The van der Waals surface area contributed by atoms with E-state index in [0.29, 0.717) is 19.4 Å². The first-order valence-electron chi connectivity index (χ1n) is 13.3. The Hall–Kier alpha value is -3.10. The molecule has 198 valence electrons. The van der Waals surface area contributed by atoms with E-state index in [9.17, 15) is 19.5 Å². The summed E-state index contributed by atoms with van der Waals surface area (Å²) in [6, 6.07) is 12.5. The predicted molar refractivity (Wildman–Crippen MR) is 148 cm³/mol. The maximum absolute atomic E-state index is 14.6. The number of aliphatic hydroxyl groups excluding tert-OH is 1. The highest BCUT2D eigenvalue weighted by molar-refractivity contribution is 8.02. The molecule has 1 N–H and O–H groups in total. The largest absolute Gasteiger partial charge is 0.465 e. The number of rotatable bonds is 4. The fourth-order valence-corrected chi connectivity index (χ4v) is 8.95. The van der Waals surface area contributed by atoms with Gasteiger partial charge in [0, 0.05) is 17.0 Å². The average molecular weight is 533 g/mol. The van der Waals surface area contributed by atoms with Crippen molar-refractivity contribution in [3.05, 3.63) is 66.8 Å². The third-order valence-electron chi connectivity index (χ3n) is 8.58. The summed E-state index contributed by atoms with van der Waals surface area (Å²) in [6.07, 6.45) is 9.09. The Labute approximate surface area is 226 Å². The molecule has 4 aliphatic heterocycles. The second kappa shape index (κ2) is 9.27. The van der Waals surface area contributed by atoms with Crippen molar-refractivity contribution in [2.75, 3.05) is 24.7 Å². The number of hydrogen-bond donors (Lipinski definition) is 1. The number of ether oxygens (including phenoxy) is 1. The number of carbonyl (C=O) groups is 3. The van der Waals surface area contributed by atoms with Crippen molar-refractivity contribution in [2.24, 2.45) is 11.8 Å². The van der Waals surface area contributed by atoms with Crippen LogP contribution in [0.1, 0.15) is 26.7 Å². The van der Waals surface area contributed by atoms with Gasteiger partial charge in [-0.25, -0.2) is 0 Å². The average Bonchev–Trinajstić information content (AvgIpc) is 3.23. The number of nitrogens with zero attached hydrogens (tertiary/aromatic N) is 2. The monoisotopic (exact) mass is 532 g/mol. The number of benzene rings is 2. The maximum atomic E-state index is 14.6. The van der Waals surface area contributed by atoms with Crippen LogP contribution in [0.2, 0.25) is 0 Å². The third kappa shape index (κ3) is 3.57. The lowest BCUT2D eigenvalue weighted by molar-refractivity contribution is -0.154. The van der Waals surface area contributed by atoms with Crippen molar-refractivity contribution in [3.8, 4) is 0 Å². The van der Waals surface area contributed by atoms with E-state index in [1.165, 1.54) is 11.8 Å². The number of fused-ring (bicyclic) bond motifs is 3. The molecule has 38 heavy (non-hydrogen) atoms. The van der Waals surface area contributed by atoms with E-state index >= 15 is 0 Å². The Bertz CT molecular complexity index is 1370. The fraction of sp³-hybridized carbons (Fsp3) is 0.433. The molecular weight excluding hydrogens is 500 g/mol. The second-order valence-electron chi connectivity index (χ2n) is 10.7. The first-order valence-corrected chi connectivity index (χ1v) is 14.1. The van der Waals surface area contributed by atoms with Crippen LogP contribution in [0.3, 0.4) is 0 Å². The Morgan fingerprint density at radius 1 is 1.05 bits per heavy atom. The van der Waals surface area contributed by atoms with Crippen LogP contribution in [0.5, 0.6) is 0 Å². The van der Waals surface area contributed by atoms with Gasteiger partial charge in [-0.3, -0.25) is 14.4 Å². The zero-order valence-electron chi connectivity index (χ0n) is 21.6. The lowest BCUT2D eigenvalue weighted by Gasteiger charge is -2.39. The van der Waals surface area contributed by atoms with Gasteiger partial charge in [-0.15, -0.1) is 11.8 Å². The molecule has 1 spiro atoms. The summed E-state index contributed by atoms with van der Waals surface area (Å²) in [6.45, 7) is 4.23. The summed E-state index contributed by atoms with van der Waals surface area (Å²) in [4.78, 5) is 45.6. The minimum Gasteiger partial charge on any atom is -0.465 e. The molecule has 4 heterocycles. The lowest BCUT2D eigenvalue weighted by atomic mass is 9.74. The van der Waals surface area contributed by atoms with Gasteiger partial charge in [-0.2, -0.15) is 0 Å². The van der Waals surface area contributed by atoms with Crippen LogP contribution in [-0.4, -0.2) is 69.1 Å². The van der Waals surface area contributed by atoms with E-state index < -0.39 is 39.4 Å². The molecule has 2 amide bonds. The topological polar surface area (TPSA) is 87.2 Å². The highest BCUT2D eigenvalue weighted by Crippen LogP contribution is 2.65. The smallest absolute Gasteiger partial charge is 0.311 e. The molecule has 6 rings (SSSR count). The molecule has 7 nitrogen and oxygen atoms in total. The van der Waals surface area contributed by atoms with Gasteiger partial charge in [0.25, 0.3) is 5.91 Å². The number of amides is 2. The van der Waals surface area contributed by atoms with Crippen molar-refractivity contribution < 1.29 is 24.2 Å². The van der Waals surface area contributed by atoms with Crippen LogP contribution in [0.25, 0.3) is 10.8 Å². The summed E-state index contributed by atoms with van der Waals surface area (Å²) in [5.41, 5.74) is 0.753. The van der Waals surface area contributed by atoms with Crippen LogP contribution < -0.4 is 4.90 Å². The molecule has 2 fully saturated rings. The number of cyclic esters (lactones) is 1. The predicted octanol–water partition coefficient (Wildman–Crippen LogP) is 3.70. The van der Waals surface area contributed by atoms with Crippen molar-refractivity contribution in [1.29, 1.82) is 0 Å². The van der Waals surface area contributed by atoms with E-state index in [-0.39, 0.29) is 25.0 Å². The molecule has 0 saturated carbocycles. The van der Waals surface area contributed by atoms with Gasteiger partial charge in [0.15, 0.2) is 0 Å². The molecule has 0 radical (unpaired) electrons. The summed E-state index contributed by atoms with van der Waals surface area (Å²) in [7, 11) is 0. The lowest BCUT2D eigenvalue weighted by Crippen LogP contribution is -2.56. The SMILES string of the molecule is CC[C@@H](CO)N1C(=O)[C@@H]2[C@H]3C(=O)OCCC=C[C@@]3(C)S[C@@]23C=CCN(c2ccc4ccccc4c2)C(=O)C13. The quantitative estimate of drug-likeness (QED) is 0.477. The molecular formula is C30H32N2O5S. The van der Waals surface area contributed by atoms with Crippen LogP contribution in [0.4, 0.5) is 5.69 Å². The van der Waals surface area contributed by atoms with Crippen LogP contribution in [0, 0.1) is 11.8 Å². The third-order valence-corrected chi connectivity index (χ3v) is 10.4. The minimum absolute atomic E-state index is 0.198. The summed E-state index contributed by atoms with van der Waals surface area (Å²) < 4.78 is 3.92. The summed E-state index contributed by atoms with van der Waals surface area (Å²) in [5, 5.41) is 12.4. The van der Waals surface area contributed by atoms with Crippen molar-refractivity contribution >= 4 is 46.0 Å². The van der Waals surface area contributed by atoms with Gasteiger partial charge >= 0.3 is 5.97 Å². The Balaban J connectivity index is 1.50. The van der Waals surface area contributed by atoms with Crippen LogP contribution in [-0.2, 0) is 19.1 Å². The maximum Gasteiger partial charge on any atom is 0.311 e. The molecule has 4 aliphatic rings. The van der Waals surface area contributed by atoms with Gasteiger partial charge < -0.3 is 19.6 Å². The number of thioether (sulfide) groups is 1. The fourth-order valence-electron chi connectivity index (χ4n) is 6.81. The van der Waals surface area contributed by atoms with E-state index in [1.807, 2.05) is 80.6 Å². The number of aliphatic hydroxyl groups is 1. The van der Waals surface area contributed by atoms with Gasteiger partial charge in [0.1, 0.15) is 6.04 Å². The Morgan fingerprint density at radius 3 is 2.61 bits per heavy atom. The first kappa shape index (κ1) is 25.2. The zero-order chi connectivity index (χ0) is 26.7. The molecule has 8 heteroatoms. The van der Waals surface area contributed by atoms with Gasteiger partial charge in [-0.05, 0) is 42.7 Å². The zero-order valence-corrected chi connectivity index (χ0v) is 22.4. The van der Waals surface area contributed by atoms with Crippen molar-refractivity contribution in [1.82, 2.24) is 4.90 Å². The van der Waals surface area contributed by atoms with Gasteiger partial charge in [-0.1, -0.05) is 61.6 Å². The Morgan fingerprint density at radius 2 is 1.84 bits per heavy atom. The van der Waals surface area contributed by atoms with Crippen LogP contribution in [0.15, 0.2) is 66.8 Å². The molecule has 6 atom stereocenters. The summed E-state index contributed by atoms with van der Waals surface area (Å²) in [5.74, 6) is -2.36. The molecule has 0 aromatic heterocycles. The number of esters is 1. The number of likely N-dealkylation sites (tertiary alicyclic amines) is 1. The molecule has 2 aromatic carbocycles. The van der Waals surface area contributed by atoms with E-state index in [0.717, 1.165) is 16.5 Å². The second-order valence-corrected chi connectivity index (χ2v) is 12.5. The van der Waals surface area contributed by atoms with Gasteiger partial charge in [0.2, 0.25) is 5.91 Å². The first-order chi connectivity index (χ1) is 18.3.